The highest BCUT2D eigenvalue weighted by Crippen LogP contribution is 1.99. The van der Waals surface area contributed by atoms with E-state index in [2.05, 4.69) is 13.8 Å². The van der Waals surface area contributed by atoms with E-state index in [1.807, 2.05) is 55.4 Å². The van der Waals surface area contributed by atoms with Gasteiger partial charge >= 0.3 is 0 Å². The zero-order valence-corrected chi connectivity index (χ0v) is 24.2. The predicted octanol–water partition coefficient (Wildman–Crippen LogP) is 8.51. The van der Waals surface area contributed by atoms with E-state index < -0.39 is 0 Å². The maximum absolute atomic E-state index is 10.7. The van der Waals surface area contributed by atoms with Gasteiger partial charge in [-0.1, -0.05) is 63.8 Å². The lowest BCUT2D eigenvalue weighted by atomic mass is 10.2. The monoisotopic (exact) mass is 476 g/mol. The average Bonchev–Trinajstić information content (AvgIpc) is 2.78. The third kappa shape index (κ3) is 37.0. The summed E-state index contributed by atoms with van der Waals surface area (Å²) in [4.78, 5) is 42.1. The van der Waals surface area contributed by atoms with E-state index in [0.29, 0.717) is 12.8 Å². The number of hydrogen-bond donors (Lipinski definition) is 0. The molecule has 0 aliphatic rings. The van der Waals surface area contributed by atoms with Crippen LogP contribution in [0.4, 0.5) is 0 Å². The average molecular weight is 477 g/mol. The first kappa shape index (κ1) is 38.9. The molecule has 34 heavy (non-hydrogen) atoms. The Morgan fingerprint density at radius 2 is 0.588 bits per heavy atom. The fourth-order valence-corrected chi connectivity index (χ4v) is 1.86. The lowest BCUT2D eigenvalue weighted by Crippen LogP contribution is -1.89. The summed E-state index contributed by atoms with van der Waals surface area (Å²) in [6, 6.07) is 0. The molecule has 0 aliphatic heterocycles. The second-order valence-electron chi connectivity index (χ2n) is 8.24. The number of carbonyl (C=O) groups is 4. The summed E-state index contributed by atoms with van der Waals surface area (Å²) < 4.78 is 0. The Labute approximate surface area is 210 Å². The highest BCUT2D eigenvalue weighted by Gasteiger charge is 1.92. The Bertz CT molecular complexity index is 654. The largest absolute Gasteiger partial charge is 0.295 e. The molecule has 0 aliphatic carbocycles. The van der Waals surface area contributed by atoms with Crippen LogP contribution in [0.15, 0.2) is 46.6 Å². The van der Waals surface area contributed by atoms with Gasteiger partial charge in [0.25, 0.3) is 0 Å². The van der Waals surface area contributed by atoms with E-state index in [-0.39, 0.29) is 23.1 Å². The number of rotatable bonds is 10. The van der Waals surface area contributed by atoms with E-state index >= 15 is 0 Å². The first-order valence-electron chi connectivity index (χ1n) is 12.5. The fourth-order valence-electron chi connectivity index (χ4n) is 1.86. The molecule has 0 unspecified atom stereocenters. The Kier molecular flexibility index (Phi) is 30.7. The first-order valence-corrected chi connectivity index (χ1v) is 12.5. The maximum atomic E-state index is 10.7. The molecule has 0 fully saturated rings. The van der Waals surface area contributed by atoms with Gasteiger partial charge in [0.2, 0.25) is 0 Å². The van der Waals surface area contributed by atoms with Gasteiger partial charge in [0.1, 0.15) is 0 Å². The molecule has 0 N–H and O–H groups in total. The SMILES string of the molecule is CC/C(C)=C/C(C)=O.CC/C(C)=C\C(C)=O.CCC(=O)/C=C(/C)CC.CCC(=O)/C=C(\C)CC. The Morgan fingerprint density at radius 3 is 0.706 bits per heavy atom. The molecule has 0 aromatic rings. The van der Waals surface area contributed by atoms with Crippen LogP contribution < -0.4 is 0 Å². The summed E-state index contributed by atoms with van der Waals surface area (Å²) in [6.45, 7) is 22.9. The van der Waals surface area contributed by atoms with Crippen molar-refractivity contribution in [2.24, 2.45) is 0 Å². The molecular formula is C30H52O4. The zero-order valence-electron chi connectivity index (χ0n) is 24.2. The highest BCUT2D eigenvalue weighted by molar-refractivity contribution is 5.90. The van der Waals surface area contributed by atoms with Crippen LogP contribution in [0, 0.1) is 0 Å². The molecule has 0 saturated heterocycles. The molecule has 0 heterocycles. The van der Waals surface area contributed by atoms with E-state index in [4.69, 9.17) is 0 Å². The summed E-state index contributed by atoms with van der Waals surface area (Å²) in [5, 5.41) is 0. The summed E-state index contributed by atoms with van der Waals surface area (Å²) >= 11 is 0. The molecule has 0 aromatic heterocycles. The number of ketones is 4. The topological polar surface area (TPSA) is 68.3 Å². The van der Waals surface area contributed by atoms with Crippen molar-refractivity contribution in [1.29, 1.82) is 0 Å². The minimum atomic E-state index is 0.143. The Balaban J connectivity index is -0.000000177. The van der Waals surface area contributed by atoms with Crippen molar-refractivity contribution >= 4 is 23.1 Å². The van der Waals surface area contributed by atoms with Crippen molar-refractivity contribution in [3.05, 3.63) is 46.6 Å². The minimum Gasteiger partial charge on any atom is -0.295 e. The van der Waals surface area contributed by atoms with Crippen molar-refractivity contribution in [2.45, 2.75) is 122 Å². The molecule has 0 atom stereocenters. The number of carbonyl (C=O) groups excluding carboxylic acids is 4. The van der Waals surface area contributed by atoms with Crippen molar-refractivity contribution in [3.8, 4) is 0 Å². The van der Waals surface area contributed by atoms with Crippen LogP contribution in [0.2, 0.25) is 0 Å². The standard InChI is InChI=1S/2C8H14O.2C7H12O/c2*1-4-7(3)6-8(9)5-2;2*1-4-6(2)5-7(3)8/h2*6H,4-5H2,1-3H3;2*5H,4H2,1-3H3/b7-6+;7-6-;6-5+;6-5-. The van der Waals surface area contributed by atoms with E-state index in [1.165, 1.54) is 11.1 Å². The zero-order chi connectivity index (χ0) is 27.7. The summed E-state index contributed by atoms with van der Waals surface area (Å²) in [7, 11) is 0. The molecule has 0 saturated carbocycles. The van der Waals surface area contributed by atoms with Gasteiger partial charge < -0.3 is 0 Å². The van der Waals surface area contributed by atoms with E-state index in [1.54, 1.807) is 38.2 Å². The molecule has 0 rings (SSSR count). The van der Waals surface area contributed by atoms with Gasteiger partial charge in [-0.25, -0.2) is 0 Å². The van der Waals surface area contributed by atoms with Crippen molar-refractivity contribution in [1.82, 2.24) is 0 Å². The number of hydrogen-bond acceptors (Lipinski definition) is 4. The molecule has 0 radical (unpaired) electrons. The van der Waals surface area contributed by atoms with Crippen LogP contribution in [-0.2, 0) is 19.2 Å². The normalized spacial score (nSPS) is 11.6. The van der Waals surface area contributed by atoms with Gasteiger partial charge in [-0.15, -0.1) is 0 Å². The summed E-state index contributed by atoms with van der Waals surface area (Å²) in [6.07, 6.45) is 11.9. The van der Waals surface area contributed by atoms with Crippen molar-refractivity contribution in [2.75, 3.05) is 0 Å². The van der Waals surface area contributed by atoms with Crippen LogP contribution in [0.1, 0.15) is 122 Å². The molecule has 0 spiro atoms. The highest BCUT2D eigenvalue weighted by atomic mass is 16.1. The Hall–Kier alpha value is -2.36. The molecule has 4 nitrogen and oxygen atoms in total. The molecule has 196 valence electrons. The molecular weight excluding hydrogens is 424 g/mol. The molecule has 0 bridgehead atoms. The third-order valence-electron chi connectivity index (χ3n) is 4.64. The Morgan fingerprint density at radius 1 is 0.382 bits per heavy atom. The van der Waals surface area contributed by atoms with Crippen LogP contribution in [-0.4, -0.2) is 23.1 Å². The quantitative estimate of drug-likeness (QED) is 0.296. The van der Waals surface area contributed by atoms with E-state index in [9.17, 15) is 19.2 Å². The molecule has 0 aromatic carbocycles. The third-order valence-corrected chi connectivity index (χ3v) is 4.64. The summed E-state index contributed by atoms with van der Waals surface area (Å²) in [5.41, 5.74) is 4.64. The second kappa shape index (κ2) is 26.9. The lowest BCUT2D eigenvalue weighted by Gasteiger charge is -1.91. The van der Waals surface area contributed by atoms with Crippen molar-refractivity contribution in [3.63, 3.8) is 0 Å². The van der Waals surface area contributed by atoms with Gasteiger partial charge in [-0.3, -0.25) is 19.2 Å². The maximum Gasteiger partial charge on any atom is 0.155 e. The smallest absolute Gasteiger partial charge is 0.155 e. The van der Waals surface area contributed by atoms with Crippen LogP contribution in [0.25, 0.3) is 0 Å². The van der Waals surface area contributed by atoms with E-state index in [0.717, 1.165) is 36.8 Å². The first-order chi connectivity index (χ1) is 15.7. The fraction of sp³-hybridized carbons (Fsp3) is 0.600. The van der Waals surface area contributed by atoms with Crippen LogP contribution >= 0.6 is 0 Å². The van der Waals surface area contributed by atoms with Crippen LogP contribution in [0.3, 0.4) is 0 Å². The summed E-state index contributed by atoms with van der Waals surface area (Å²) in [5.74, 6) is 0.748. The molecule has 0 amide bonds. The van der Waals surface area contributed by atoms with Crippen LogP contribution in [0.5, 0.6) is 0 Å². The second-order valence-corrected chi connectivity index (χ2v) is 8.24. The van der Waals surface area contributed by atoms with Gasteiger partial charge in [0, 0.05) is 12.8 Å². The molecule has 4 heteroatoms. The number of allylic oxidation sites excluding steroid dienone is 8. The van der Waals surface area contributed by atoms with Crippen molar-refractivity contribution < 1.29 is 19.2 Å². The van der Waals surface area contributed by atoms with Gasteiger partial charge in [-0.05, 0) is 91.5 Å². The lowest BCUT2D eigenvalue weighted by molar-refractivity contribution is -0.115. The predicted molar refractivity (Wildman–Crippen MR) is 148 cm³/mol. The van der Waals surface area contributed by atoms with Gasteiger partial charge in [-0.2, -0.15) is 0 Å². The van der Waals surface area contributed by atoms with Gasteiger partial charge in [0.05, 0.1) is 0 Å². The van der Waals surface area contributed by atoms with Gasteiger partial charge in [0.15, 0.2) is 23.1 Å². The minimum absolute atomic E-state index is 0.143.